The molecule has 0 spiro atoms. The van der Waals surface area contributed by atoms with Crippen molar-refractivity contribution in [3.05, 3.63) is 27.7 Å². The highest BCUT2D eigenvalue weighted by atomic mass is 79.9. The Morgan fingerprint density at radius 3 is 2.59 bits per heavy atom. The average molecular weight is 320 g/mol. The van der Waals surface area contributed by atoms with Crippen LogP contribution in [0.5, 0.6) is 5.75 Å². The topological polar surface area (TPSA) is 9.23 Å². The molecule has 0 aliphatic carbocycles. The molecule has 17 heavy (non-hydrogen) atoms. The Morgan fingerprint density at radius 2 is 2.06 bits per heavy atom. The van der Waals surface area contributed by atoms with Crippen LogP contribution in [-0.2, 0) is 0 Å². The average Bonchev–Trinajstić information content (AvgIpc) is 2.31. The summed E-state index contributed by atoms with van der Waals surface area (Å²) in [5.74, 6) is 1.33. The van der Waals surface area contributed by atoms with Crippen LogP contribution in [0, 0.1) is 12.8 Å². The number of aryl methyl sites for hydroxylation is 1. The van der Waals surface area contributed by atoms with Crippen molar-refractivity contribution in [1.29, 1.82) is 0 Å². The number of methoxy groups -OCH3 is 1. The lowest BCUT2D eigenvalue weighted by Crippen LogP contribution is -2.06. The number of ether oxygens (including phenoxy) is 1. The van der Waals surface area contributed by atoms with E-state index in [0.717, 1.165) is 34.2 Å². The second kappa shape index (κ2) is 6.65. The SMILES string of the molecule is CCCC(C)C(Cl)c1cc(Br)c(C)cc1OC. The zero-order valence-corrected chi connectivity index (χ0v) is 13.2. The van der Waals surface area contributed by atoms with Crippen LogP contribution in [0.4, 0.5) is 0 Å². The molecule has 2 unspecified atom stereocenters. The molecule has 0 amide bonds. The van der Waals surface area contributed by atoms with E-state index in [-0.39, 0.29) is 5.38 Å². The van der Waals surface area contributed by atoms with E-state index in [9.17, 15) is 0 Å². The molecule has 1 nitrogen and oxygen atoms in total. The largest absolute Gasteiger partial charge is 0.496 e. The molecule has 0 aliphatic rings. The van der Waals surface area contributed by atoms with Gasteiger partial charge in [-0.1, -0.05) is 36.2 Å². The van der Waals surface area contributed by atoms with Crippen LogP contribution in [0.25, 0.3) is 0 Å². The van der Waals surface area contributed by atoms with Gasteiger partial charge >= 0.3 is 0 Å². The molecule has 0 N–H and O–H groups in total. The minimum Gasteiger partial charge on any atom is -0.496 e. The Morgan fingerprint density at radius 1 is 1.41 bits per heavy atom. The van der Waals surface area contributed by atoms with Crippen LogP contribution in [0.15, 0.2) is 16.6 Å². The summed E-state index contributed by atoms with van der Waals surface area (Å²) in [6.07, 6.45) is 2.28. The summed E-state index contributed by atoms with van der Waals surface area (Å²) in [7, 11) is 1.69. The molecule has 2 atom stereocenters. The van der Waals surface area contributed by atoms with Crippen molar-refractivity contribution in [1.82, 2.24) is 0 Å². The first-order chi connectivity index (χ1) is 8.01. The van der Waals surface area contributed by atoms with E-state index >= 15 is 0 Å². The van der Waals surface area contributed by atoms with Crippen molar-refractivity contribution in [2.75, 3.05) is 7.11 Å². The van der Waals surface area contributed by atoms with Gasteiger partial charge in [0.2, 0.25) is 0 Å². The zero-order chi connectivity index (χ0) is 13.0. The molecule has 3 heteroatoms. The molecule has 0 radical (unpaired) electrons. The highest BCUT2D eigenvalue weighted by Gasteiger charge is 2.20. The van der Waals surface area contributed by atoms with Crippen molar-refractivity contribution in [3.8, 4) is 5.75 Å². The third-order valence-electron chi connectivity index (χ3n) is 3.05. The number of hydrogen-bond acceptors (Lipinski definition) is 1. The van der Waals surface area contributed by atoms with E-state index < -0.39 is 0 Å². The Kier molecular flexibility index (Phi) is 5.81. The van der Waals surface area contributed by atoms with Crippen LogP contribution in [0.2, 0.25) is 0 Å². The quantitative estimate of drug-likeness (QED) is 0.653. The van der Waals surface area contributed by atoms with Gasteiger partial charge in [0.1, 0.15) is 5.75 Å². The summed E-state index contributed by atoms with van der Waals surface area (Å²) in [4.78, 5) is 0. The molecule has 0 aromatic heterocycles. The molecule has 0 heterocycles. The van der Waals surface area contributed by atoms with Gasteiger partial charge in [0.15, 0.2) is 0 Å². The summed E-state index contributed by atoms with van der Waals surface area (Å²) in [5, 5.41) is 0.00167. The lowest BCUT2D eigenvalue weighted by molar-refractivity contribution is 0.401. The van der Waals surface area contributed by atoms with Crippen LogP contribution < -0.4 is 4.74 Å². The van der Waals surface area contributed by atoms with Gasteiger partial charge in [-0.25, -0.2) is 0 Å². The minimum absolute atomic E-state index is 0.00167. The van der Waals surface area contributed by atoms with E-state index in [0.29, 0.717) is 5.92 Å². The van der Waals surface area contributed by atoms with E-state index in [2.05, 4.69) is 42.8 Å². The molecular weight excluding hydrogens is 300 g/mol. The predicted molar refractivity (Wildman–Crippen MR) is 78.1 cm³/mol. The fraction of sp³-hybridized carbons (Fsp3) is 0.571. The fourth-order valence-corrected chi connectivity index (χ4v) is 2.63. The summed E-state index contributed by atoms with van der Waals surface area (Å²) in [6.45, 7) is 6.42. The van der Waals surface area contributed by atoms with Crippen LogP contribution in [0.3, 0.4) is 0 Å². The van der Waals surface area contributed by atoms with Crippen molar-refractivity contribution in [3.63, 3.8) is 0 Å². The van der Waals surface area contributed by atoms with Gasteiger partial charge in [-0.05, 0) is 37.0 Å². The number of rotatable bonds is 5. The molecule has 0 saturated carbocycles. The smallest absolute Gasteiger partial charge is 0.123 e. The molecule has 0 bridgehead atoms. The molecule has 1 aromatic rings. The lowest BCUT2D eigenvalue weighted by atomic mass is 9.95. The van der Waals surface area contributed by atoms with E-state index in [1.807, 2.05) is 6.07 Å². The third-order valence-corrected chi connectivity index (χ3v) is 4.57. The number of alkyl halides is 1. The number of benzene rings is 1. The monoisotopic (exact) mass is 318 g/mol. The van der Waals surface area contributed by atoms with Gasteiger partial charge in [-0.15, -0.1) is 11.6 Å². The first-order valence-electron chi connectivity index (χ1n) is 5.99. The maximum atomic E-state index is 6.54. The Hall–Kier alpha value is -0.210. The molecule has 1 rings (SSSR count). The Labute approximate surface area is 118 Å². The summed E-state index contributed by atoms with van der Waals surface area (Å²) >= 11 is 10.1. The Balaban J connectivity index is 3.07. The van der Waals surface area contributed by atoms with Gasteiger partial charge in [0, 0.05) is 10.0 Å². The summed E-state index contributed by atoms with van der Waals surface area (Å²) in [5.41, 5.74) is 2.24. The van der Waals surface area contributed by atoms with E-state index in [1.165, 1.54) is 0 Å². The predicted octanol–water partition coefficient (Wildman–Crippen LogP) is 5.48. The van der Waals surface area contributed by atoms with Gasteiger partial charge in [0.05, 0.1) is 12.5 Å². The molecule has 0 fully saturated rings. The van der Waals surface area contributed by atoms with Gasteiger partial charge in [-0.2, -0.15) is 0 Å². The number of halogens is 2. The van der Waals surface area contributed by atoms with Crippen molar-refractivity contribution in [2.24, 2.45) is 5.92 Å². The molecular formula is C14H20BrClO. The molecule has 0 aliphatic heterocycles. The molecule has 1 aromatic carbocycles. The summed E-state index contributed by atoms with van der Waals surface area (Å²) < 4.78 is 6.51. The molecule has 0 saturated heterocycles. The highest BCUT2D eigenvalue weighted by molar-refractivity contribution is 9.10. The van der Waals surface area contributed by atoms with Gasteiger partial charge in [-0.3, -0.25) is 0 Å². The highest BCUT2D eigenvalue weighted by Crippen LogP contribution is 2.39. The Bertz CT molecular complexity index is 379. The standard InChI is InChI=1S/C14H20BrClO/c1-5-6-9(2)14(16)11-8-12(15)10(3)7-13(11)17-4/h7-9,14H,5-6H2,1-4H3. The maximum absolute atomic E-state index is 6.54. The number of hydrogen-bond donors (Lipinski definition) is 0. The second-order valence-electron chi connectivity index (χ2n) is 4.51. The maximum Gasteiger partial charge on any atom is 0.123 e. The zero-order valence-electron chi connectivity index (χ0n) is 10.9. The summed E-state index contributed by atoms with van der Waals surface area (Å²) in [6, 6.07) is 4.12. The van der Waals surface area contributed by atoms with Crippen molar-refractivity contribution < 1.29 is 4.74 Å². The second-order valence-corrected chi connectivity index (χ2v) is 5.84. The van der Waals surface area contributed by atoms with E-state index in [1.54, 1.807) is 7.11 Å². The van der Waals surface area contributed by atoms with Crippen molar-refractivity contribution in [2.45, 2.75) is 39.0 Å². The van der Waals surface area contributed by atoms with Gasteiger partial charge < -0.3 is 4.74 Å². The normalized spacial score (nSPS) is 14.5. The van der Waals surface area contributed by atoms with Crippen molar-refractivity contribution >= 4 is 27.5 Å². The van der Waals surface area contributed by atoms with Crippen LogP contribution in [-0.4, -0.2) is 7.11 Å². The first-order valence-corrected chi connectivity index (χ1v) is 7.22. The minimum atomic E-state index is 0.00167. The third kappa shape index (κ3) is 3.62. The van der Waals surface area contributed by atoms with Crippen LogP contribution in [0.1, 0.15) is 43.2 Å². The van der Waals surface area contributed by atoms with E-state index in [4.69, 9.17) is 16.3 Å². The lowest BCUT2D eigenvalue weighted by Gasteiger charge is -2.21. The van der Waals surface area contributed by atoms with Gasteiger partial charge in [0.25, 0.3) is 0 Å². The molecule has 96 valence electrons. The van der Waals surface area contributed by atoms with Crippen LogP contribution >= 0.6 is 27.5 Å². The first kappa shape index (κ1) is 14.8. The fourth-order valence-electron chi connectivity index (χ4n) is 1.97.